The molecular formula is C36H46N2O3. The van der Waals surface area contributed by atoms with Crippen LogP contribution in [0.4, 0.5) is 0 Å². The summed E-state index contributed by atoms with van der Waals surface area (Å²) in [5.74, 6) is -1.46. The smallest absolute Gasteiger partial charge is 0.282 e. The largest absolute Gasteiger partial charge is 0.294 e. The van der Waals surface area contributed by atoms with E-state index < -0.39 is 11.8 Å². The van der Waals surface area contributed by atoms with E-state index in [1.165, 1.54) is 0 Å². The van der Waals surface area contributed by atoms with Crippen LogP contribution in [0.3, 0.4) is 0 Å². The molecule has 0 saturated carbocycles. The summed E-state index contributed by atoms with van der Waals surface area (Å²) in [6.07, 6.45) is 5.24. The number of imide groups is 1. The number of rotatable bonds is 5. The standard InChI is InChI=1S/C28H22N2O3.4C2H6/c31-26(20-13-5-2-6-14-20)22-16-8-7-15-21(22)25(19-11-3-1-4-12-19)29-30-27(32)23-17-9-10-18-24(23)28(30)33;4*1-2/h1-14,17-18,21-22H,15-16H2;4*1-2H3/b29-25-;;;;. The molecule has 2 aliphatic rings. The van der Waals surface area contributed by atoms with Crippen molar-refractivity contribution in [3.8, 4) is 0 Å². The van der Waals surface area contributed by atoms with Gasteiger partial charge in [-0.1, -0.05) is 140 Å². The number of nitrogens with zero attached hydrogens (tertiary/aromatic N) is 2. The minimum Gasteiger partial charge on any atom is -0.294 e. The number of hydrogen-bond donors (Lipinski definition) is 0. The van der Waals surface area contributed by atoms with Crippen LogP contribution in [0.25, 0.3) is 0 Å². The molecule has 218 valence electrons. The number of benzene rings is 3. The van der Waals surface area contributed by atoms with Crippen molar-refractivity contribution >= 4 is 23.3 Å². The van der Waals surface area contributed by atoms with Crippen molar-refractivity contribution in [2.75, 3.05) is 0 Å². The van der Waals surface area contributed by atoms with E-state index in [-0.39, 0.29) is 17.6 Å². The summed E-state index contributed by atoms with van der Waals surface area (Å²) >= 11 is 0. The Morgan fingerprint density at radius 1 is 0.585 bits per heavy atom. The Kier molecular flexibility index (Phi) is 16.2. The van der Waals surface area contributed by atoms with Crippen molar-refractivity contribution in [3.05, 3.63) is 119 Å². The number of carbonyl (C=O) groups excluding carboxylic acids is 3. The molecule has 5 nitrogen and oxygen atoms in total. The van der Waals surface area contributed by atoms with E-state index in [0.717, 1.165) is 10.6 Å². The van der Waals surface area contributed by atoms with E-state index >= 15 is 0 Å². The Morgan fingerprint density at radius 3 is 1.44 bits per heavy atom. The molecule has 1 aliphatic carbocycles. The second-order valence-electron chi connectivity index (χ2n) is 8.21. The molecule has 3 aromatic carbocycles. The van der Waals surface area contributed by atoms with Gasteiger partial charge in [-0.05, 0) is 30.5 Å². The fourth-order valence-electron chi connectivity index (χ4n) is 4.55. The highest BCUT2D eigenvalue weighted by atomic mass is 16.2. The van der Waals surface area contributed by atoms with Gasteiger partial charge in [0.05, 0.1) is 16.8 Å². The van der Waals surface area contributed by atoms with Gasteiger partial charge < -0.3 is 0 Å². The third-order valence-corrected chi connectivity index (χ3v) is 6.23. The van der Waals surface area contributed by atoms with Gasteiger partial charge in [-0.3, -0.25) is 14.4 Å². The maximum atomic E-state index is 13.5. The molecule has 1 aliphatic heterocycles. The van der Waals surface area contributed by atoms with Crippen molar-refractivity contribution in [2.24, 2.45) is 16.9 Å². The quantitative estimate of drug-likeness (QED) is 0.137. The third-order valence-electron chi connectivity index (χ3n) is 6.23. The number of carbonyl (C=O) groups is 3. The summed E-state index contributed by atoms with van der Waals surface area (Å²) in [5, 5.41) is 5.59. The van der Waals surface area contributed by atoms with E-state index in [0.29, 0.717) is 35.2 Å². The molecule has 0 N–H and O–H groups in total. The zero-order valence-electron chi connectivity index (χ0n) is 25.9. The lowest BCUT2D eigenvalue weighted by Crippen LogP contribution is -2.35. The molecular weight excluding hydrogens is 508 g/mol. The molecule has 0 saturated heterocycles. The summed E-state index contributed by atoms with van der Waals surface area (Å²) in [6.45, 7) is 16.0. The lowest BCUT2D eigenvalue weighted by atomic mass is 9.74. The molecule has 0 bridgehead atoms. The molecule has 2 atom stereocenters. The van der Waals surface area contributed by atoms with Crippen LogP contribution in [-0.4, -0.2) is 28.3 Å². The van der Waals surface area contributed by atoms with Crippen LogP contribution in [0.2, 0.25) is 0 Å². The summed E-state index contributed by atoms with van der Waals surface area (Å²) in [4.78, 5) is 39.5. The first-order chi connectivity index (χ1) is 20.1. The van der Waals surface area contributed by atoms with Crippen LogP contribution < -0.4 is 0 Å². The molecule has 0 radical (unpaired) electrons. The number of hydrogen-bond acceptors (Lipinski definition) is 4. The second kappa shape index (κ2) is 19.0. The van der Waals surface area contributed by atoms with Gasteiger partial charge in [0.1, 0.15) is 0 Å². The van der Waals surface area contributed by atoms with Crippen molar-refractivity contribution in [1.82, 2.24) is 5.01 Å². The van der Waals surface area contributed by atoms with Crippen LogP contribution in [0.15, 0.2) is 102 Å². The number of allylic oxidation sites excluding steroid dienone is 2. The highest BCUT2D eigenvalue weighted by Gasteiger charge is 2.39. The summed E-state index contributed by atoms with van der Waals surface area (Å²) in [5.41, 5.74) is 2.71. The van der Waals surface area contributed by atoms with Gasteiger partial charge in [0.15, 0.2) is 5.78 Å². The van der Waals surface area contributed by atoms with Gasteiger partial charge >= 0.3 is 0 Å². The first kappa shape index (κ1) is 34.9. The zero-order valence-corrected chi connectivity index (χ0v) is 25.9. The number of fused-ring (bicyclic) bond motifs is 1. The summed E-state index contributed by atoms with van der Waals surface area (Å²) < 4.78 is 0. The Hall–Kier alpha value is -4.12. The Balaban J connectivity index is 0.000000969. The van der Waals surface area contributed by atoms with Gasteiger partial charge in [0, 0.05) is 17.4 Å². The minimum atomic E-state index is -0.443. The molecule has 41 heavy (non-hydrogen) atoms. The molecule has 2 unspecified atom stereocenters. The van der Waals surface area contributed by atoms with E-state index in [1.54, 1.807) is 24.3 Å². The van der Waals surface area contributed by atoms with Crippen LogP contribution in [0, 0.1) is 11.8 Å². The van der Waals surface area contributed by atoms with Crippen LogP contribution in [0.5, 0.6) is 0 Å². The summed E-state index contributed by atoms with van der Waals surface area (Å²) in [7, 11) is 0. The Labute approximate surface area is 247 Å². The molecule has 3 aromatic rings. The molecule has 1 heterocycles. The van der Waals surface area contributed by atoms with Gasteiger partial charge in [0.25, 0.3) is 11.8 Å². The zero-order chi connectivity index (χ0) is 30.8. The first-order valence-electron chi connectivity index (χ1n) is 15.0. The van der Waals surface area contributed by atoms with Crippen molar-refractivity contribution in [1.29, 1.82) is 0 Å². The van der Waals surface area contributed by atoms with Gasteiger partial charge in [-0.2, -0.15) is 10.1 Å². The molecule has 0 spiro atoms. The fourth-order valence-corrected chi connectivity index (χ4v) is 4.55. The average Bonchev–Trinajstić information content (AvgIpc) is 3.32. The van der Waals surface area contributed by atoms with Gasteiger partial charge in [-0.15, -0.1) is 0 Å². The fraction of sp³-hybridized carbons (Fsp3) is 0.333. The lowest BCUT2D eigenvalue weighted by molar-refractivity contribution is 0.0657. The second-order valence-corrected chi connectivity index (χ2v) is 8.21. The number of hydrazone groups is 1. The van der Waals surface area contributed by atoms with Gasteiger partial charge in [-0.25, -0.2) is 0 Å². The Bertz CT molecular complexity index is 1250. The Morgan fingerprint density at radius 2 is 0.976 bits per heavy atom. The molecule has 0 fully saturated rings. The van der Waals surface area contributed by atoms with Crippen LogP contribution in [-0.2, 0) is 0 Å². The lowest BCUT2D eigenvalue weighted by Gasteiger charge is -2.29. The van der Waals surface area contributed by atoms with E-state index in [4.69, 9.17) is 0 Å². The first-order valence-corrected chi connectivity index (χ1v) is 15.0. The number of amides is 2. The molecule has 5 heteroatoms. The van der Waals surface area contributed by atoms with Gasteiger partial charge in [0.2, 0.25) is 0 Å². The maximum Gasteiger partial charge on any atom is 0.282 e. The van der Waals surface area contributed by atoms with Crippen molar-refractivity contribution < 1.29 is 14.4 Å². The SMILES string of the molecule is CC.CC.CC.CC.O=C(c1ccccc1)C1CC=CCC1/C(=N\N1C(=O)c2ccccc2C1=O)c1ccccc1. The monoisotopic (exact) mass is 554 g/mol. The summed E-state index contributed by atoms with van der Waals surface area (Å²) in [6, 6.07) is 25.5. The van der Waals surface area contributed by atoms with Crippen molar-refractivity contribution in [3.63, 3.8) is 0 Å². The predicted molar refractivity (Wildman–Crippen MR) is 171 cm³/mol. The normalized spacial score (nSPS) is 16.8. The topological polar surface area (TPSA) is 66.8 Å². The van der Waals surface area contributed by atoms with Crippen LogP contribution >= 0.6 is 0 Å². The third kappa shape index (κ3) is 8.43. The van der Waals surface area contributed by atoms with E-state index in [1.807, 2.05) is 128 Å². The van der Waals surface area contributed by atoms with Crippen molar-refractivity contribution in [2.45, 2.75) is 68.2 Å². The highest BCUT2D eigenvalue weighted by Crippen LogP contribution is 2.33. The molecule has 0 aromatic heterocycles. The minimum absolute atomic E-state index is 0.0379. The number of Topliss-reactive ketones (excluding diaryl/α,β-unsaturated/α-hetero) is 1. The number of ketones is 1. The average molecular weight is 555 g/mol. The van der Waals surface area contributed by atoms with E-state index in [9.17, 15) is 14.4 Å². The van der Waals surface area contributed by atoms with E-state index in [2.05, 4.69) is 5.10 Å². The molecule has 2 amide bonds. The highest BCUT2D eigenvalue weighted by molar-refractivity contribution is 6.22. The van der Waals surface area contributed by atoms with Crippen LogP contribution in [0.1, 0.15) is 105 Å². The maximum absolute atomic E-state index is 13.5. The predicted octanol–water partition coefficient (Wildman–Crippen LogP) is 9.26. The molecule has 5 rings (SSSR count).